The van der Waals surface area contributed by atoms with Gasteiger partial charge in [-0.05, 0) is 34.1 Å². The van der Waals surface area contributed by atoms with Gasteiger partial charge in [-0.15, -0.1) is 11.3 Å². The first-order valence-corrected chi connectivity index (χ1v) is 9.32. The monoisotopic (exact) mass is 390 g/mol. The summed E-state index contributed by atoms with van der Waals surface area (Å²) in [6.45, 7) is 2.24. The number of thiazole rings is 1. The summed E-state index contributed by atoms with van der Waals surface area (Å²) in [5, 5.41) is 2.79. The molecular formula is C13H15BrN2O3S2. The van der Waals surface area contributed by atoms with Gasteiger partial charge in [-0.2, -0.15) is 0 Å². The second-order valence-electron chi connectivity index (χ2n) is 4.42. The lowest BCUT2D eigenvalue weighted by Crippen LogP contribution is -2.27. The third-order valence-electron chi connectivity index (χ3n) is 2.89. The molecule has 0 radical (unpaired) electrons. The Morgan fingerprint density at radius 1 is 1.48 bits per heavy atom. The molecule has 5 nitrogen and oxygen atoms in total. The molecule has 2 rings (SSSR count). The van der Waals surface area contributed by atoms with Crippen LogP contribution in [0, 0.1) is 0 Å². The minimum absolute atomic E-state index is 0.0291. The SMILES string of the molecule is COc1ccc(S(=O)(=O)NCC(C)c2nccs2)cc1Br. The van der Waals surface area contributed by atoms with Gasteiger partial charge in [-0.1, -0.05) is 6.92 Å². The first-order chi connectivity index (χ1) is 9.94. The largest absolute Gasteiger partial charge is 0.496 e. The number of nitrogens with zero attached hydrogens (tertiary/aromatic N) is 1. The van der Waals surface area contributed by atoms with Gasteiger partial charge in [-0.3, -0.25) is 0 Å². The van der Waals surface area contributed by atoms with Crippen molar-refractivity contribution in [1.82, 2.24) is 9.71 Å². The van der Waals surface area contributed by atoms with Gasteiger partial charge in [-0.25, -0.2) is 18.1 Å². The minimum atomic E-state index is -3.55. The number of hydrogen-bond acceptors (Lipinski definition) is 5. The van der Waals surface area contributed by atoms with Crippen LogP contribution in [-0.4, -0.2) is 27.1 Å². The Bertz CT molecular complexity index is 702. The molecule has 0 fully saturated rings. The fourth-order valence-corrected chi connectivity index (χ4v) is 4.24. The Balaban J connectivity index is 2.10. The van der Waals surface area contributed by atoms with Crippen molar-refractivity contribution in [3.63, 3.8) is 0 Å². The van der Waals surface area contributed by atoms with Gasteiger partial charge < -0.3 is 4.74 Å². The Morgan fingerprint density at radius 2 is 2.24 bits per heavy atom. The molecule has 0 saturated carbocycles. The predicted molar refractivity (Wildman–Crippen MR) is 86.4 cm³/mol. The molecule has 0 amide bonds. The van der Waals surface area contributed by atoms with Crippen molar-refractivity contribution in [2.75, 3.05) is 13.7 Å². The Morgan fingerprint density at radius 3 is 2.81 bits per heavy atom. The maximum atomic E-state index is 12.3. The number of methoxy groups -OCH3 is 1. The lowest BCUT2D eigenvalue weighted by atomic mass is 10.2. The Hall–Kier alpha value is -0.960. The summed E-state index contributed by atoms with van der Waals surface area (Å²) in [4.78, 5) is 4.38. The topological polar surface area (TPSA) is 68.3 Å². The molecule has 0 spiro atoms. The van der Waals surface area contributed by atoms with Gasteiger partial charge in [0.2, 0.25) is 10.0 Å². The predicted octanol–water partition coefficient (Wildman–Crippen LogP) is 3.00. The fraction of sp³-hybridized carbons (Fsp3) is 0.308. The summed E-state index contributed by atoms with van der Waals surface area (Å²) in [7, 11) is -2.02. The first-order valence-electron chi connectivity index (χ1n) is 6.16. The molecule has 1 aromatic heterocycles. The molecule has 114 valence electrons. The van der Waals surface area contributed by atoms with Crippen molar-refractivity contribution in [1.29, 1.82) is 0 Å². The second-order valence-corrected chi connectivity index (χ2v) is 7.97. The first kappa shape index (κ1) is 16.4. The number of nitrogens with one attached hydrogen (secondary N) is 1. The standard InChI is InChI=1S/C13H15BrN2O3S2/c1-9(13-15-5-6-20-13)8-16-21(17,18)10-3-4-12(19-2)11(14)7-10/h3-7,9,16H,8H2,1-2H3. The van der Waals surface area contributed by atoms with Gasteiger partial charge >= 0.3 is 0 Å². The van der Waals surface area contributed by atoms with E-state index in [4.69, 9.17) is 4.74 Å². The smallest absolute Gasteiger partial charge is 0.240 e. The van der Waals surface area contributed by atoms with Crippen molar-refractivity contribution in [3.05, 3.63) is 39.3 Å². The van der Waals surface area contributed by atoms with E-state index >= 15 is 0 Å². The number of ether oxygens (including phenoxy) is 1. The van der Waals surface area contributed by atoms with Gasteiger partial charge in [0.1, 0.15) is 5.75 Å². The molecule has 1 N–H and O–H groups in total. The highest BCUT2D eigenvalue weighted by atomic mass is 79.9. The Labute approximate surface area is 136 Å². The third kappa shape index (κ3) is 4.03. The lowest BCUT2D eigenvalue weighted by Gasteiger charge is -2.12. The summed E-state index contributed by atoms with van der Waals surface area (Å²) in [5.74, 6) is 0.617. The van der Waals surface area contributed by atoms with E-state index in [2.05, 4.69) is 25.6 Å². The summed E-state index contributed by atoms with van der Waals surface area (Å²) in [6.07, 6.45) is 1.71. The van der Waals surface area contributed by atoms with Crippen LogP contribution < -0.4 is 9.46 Å². The summed E-state index contributed by atoms with van der Waals surface area (Å²) < 4.78 is 32.8. The van der Waals surface area contributed by atoms with Crippen LogP contribution in [0.2, 0.25) is 0 Å². The van der Waals surface area contributed by atoms with E-state index < -0.39 is 10.0 Å². The zero-order valence-corrected chi connectivity index (χ0v) is 14.8. The molecule has 0 saturated heterocycles. The molecule has 0 aliphatic rings. The summed E-state index contributed by atoms with van der Waals surface area (Å²) in [6, 6.07) is 4.65. The molecule has 1 unspecified atom stereocenters. The van der Waals surface area contributed by atoms with Crippen LogP contribution in [0.5, 0.6) is 5.75 Å². The highest BCUT2D eigenvalue weighted by Gasteiger charge is 2.18. The van der Waals surface area contributed by atoms with E-state index in [1.165, 1.54) is 30.6 Å². The number of halogens is 1. The Kier molecular flexibility index (Phi) is 5.37. The quantitative estimate of drug-likeness (QED) is 0.822. The number of rotatable bonds is 6. The molecule has 1 aromatic carbocycles. The van der Waals surface area contributed by atoms with Crippen molar-refractivity contribution in [3.8, 4) is 5.75 Å². The van der Waals surface area contributed by atoms with Crippen molar-refractivity contribution in [2.45, 2.75) is 17.7 Å². The highest BCUT2D eigenvalue weighted by molar-refractivity contribution is 9.10. The van der Waals surface area contributed by atoms with Crippen LogP contribution in [0.1, 0.15) is 17.8 Å². The van der Waals surface area contributed by atoms with Crippen LogP contribution in [0.3, 0.4) is 0 Å². The highest BCUT2D eigenvalue weighted by Crippen LogP contribution is 2.27. The van der Waals surface area contributed by atoms with Crippen LogP contribution in [0.15, 0.2) is 39.1 Å². The molecule has 1 atom stereocenters. The van der Waals surface area contributed by atoms with Crippen molar-refractivity contribution >= 4 is 37.3 Å². The van der Waals surface area contributed by atoms with Crippen molar-refractivity contribution in [2.24, 2.45) is 0 Å². The lowest BCUT2D eigenvalue weighted by molar-refractivity contribution is 0.411. The summed E-state index contributed by atoms with van der Waals surface area (Å²) >= 11 is 4.80. The molecule has 21 heavy (non-hydrogen) atoms. The van der Waals surface area contributed by atoms with Gasteiger partial charge in [0.05, 0.1) is 21.5 Å². The van der Waals surface area contributed by atoms with E-state index in [0.29, 0.717) is 16.8 Å². The molecule has 0 aliphatic carbocycles. The van der Waals surface area contributed by atoms with E-state index in [1.54, 1.807) is 12.3 Å². The minimum Gasteiger partial charge on any atom is -0.496 e. The van der Waals surface area contributed by atoms with E-state index in [1.807, 2.05) is 12.3 Å². The van der Waals surface area contributed by atoms with Gasteiger partial charge in [0, 0.05) is 24.0 Å². The zero-order valence-electron chi connectivity index (χ0n) is 11.5. The fourth-order valence-electron chi connectivity index (χ4n) is 1.70. The number of hydrogen-bond donors (Lipinski definition) is 1. The van der Waals surface area contributed by atoms with E-state index in [0.717, 1.165) is 5.01 Å². The number of aromatic nitrogens is 1. The molecule has 1 heterocycles. The molecule has 0 aliphatic heterocycles. The molecule has 0 bridgehead atoms. The van der Waals surface area contributed by atoms with Crippen LogP contribution in [0.4, 0.5) is 0 Å². The number of sulfonamides is 1. The second kappa shape index (κ2) is 6.87. The van der Waals surface area contributed by atoms with E-state index in [-0.39, 0.29) is 10.8 Å². The maximum absolute atomic E-state index is 12.3. The van der Waals surface area contributed by atoms with Gasteiger partial charge in [0.25, 0.3) is 0 Å². The van der Waals surface area contributed by atoms with E-state index in [9.17, 15) is 8.42 Å². The van der Waals surface area contributed by atoms with Crippen LogP contribution in [-0.2, 0) is 10.0 Å². The molecular weight excluding hydrogens is 376 g/mol. The van der Waals surface area contributed by atoms with Gasteiger partial charge in [0.15, 0.2) is 0 Å². The van der Waals surface area contributed by atoms with Crippen LogP contribution >= 0.6 is 27.3 Å². The zero-order chi connectivity index (χ0) is 15.5. The third-order valence-corrected chi connectivity index (χ3v) is 5.93. The average Bonchev–Trinajstić information content (AvgIpc) is 2.99. The van der Waals surface area contributed by atoms with Crippen LogP contribution in [0.25, 0.3) is 0 Å². The van der Waals surface area contributed by atoms with Crippen molar-refractivity contribution < 1.29 is 13.2 Å². The summed E-state index contributed by atoms with van der Waals surface area (Å²) in [5.41, 5.74) is 0. The average molecular weight is 391 g/mol. The molecule has 2 aromatic rings. The maximum Gasteiger partial charge on any atom is 0.240 e. The number of benzene rings is 1. The normalized spacial score (nSPS) is 13.1. The molecule has 8 heteroatoms.